The van der Waals surface area contributed by atoms with Gasteiger partial charge in [-0.2, -0.15) is 60.4 Å². The van der Waals surface area contributed by atoms with Gasteiger partial charge >= 0.3 is 18.4 Å². The fourth-order valence-corrected chi connectivity index (χ4v) is 17.8. The minimum Gasteiger partial charge on any atom is -0.368 e. The molecule has 5 aromatic heterocycles. The third-order valence-electron chi connectivity index (χ3n) is 20.4. The van der Waals surface area contributed by atoms with Gasteiger partial charge in [0.1, 0.15) is 0 Å². The van der Waals surface area contributed by atoms with Crippen molar-refractivity contribution in [2.75, 3.05) is 162 Å². The number of H-pyrrole nitrogens is 5. The van der Waals surface area contributed by atoms with Crippen LogP contribution in [-0.4, -0.2) is 268 Å². The number of hydrogen-bond acceptors (Lipinski definition) is 17. The molecule has 0 bridgehead atoms. The summed E-state index contributed by atoms with van der Waals surface area (Å²) in [5.74, 6) is 0.108. The van der Waals surface area contributed by atoms with E-state index in [-0.39, 0.29) is 36.5 Å². The molecule has 10 aromatic rings. The Labute approximate surface area is 629 Å². The molecule has 16 rings (SSSR count). The summed E-state index contributed by atoms with van der Waals surface area (Å²) in [5.41, 5.74) is 5.57. The first-order valence-electron chi connectivity index (χ1n) is 34.8. The Balaban J connectivity index is 0.000000126. The number of alkyl halides is 6. The van der Waals surface area contributed by atoms with Gasteiger partial charge in [0.25, 0.3) is 0 Å². The van der Waals surface area contributed by atoms with Crippen LogP contribution in [0, 0.1) is 0 Å². The van der Waals surface area contributed by atoms with Gasteiger partial charge in [-0.3, -0.25) is 35.1 Å². The number of piperazine rings is 5. The molecule has 0 spiro atoms. The number of fused-ring (bicyclic) bond motifs is 6. The summed E-state index contributed by atoms with van der Waals surface area (Å²) >= 11 is 12.4. The lowest BCUT2D eigenvalue weighted by Gasteiger charge is -2.47. The van der Waals surface area contributed by atoms with Crippen molar-refractivity contribution in [1.82, 2.24) is 79.2 Å². The first kappa shape index (κ1) is 78.2. The number of nitrogens with one attached hydrogen (secondary N) is 5. The maximum Gasteiger partial charge on any atom is 0.416 e. The van der Waals surface area contributed by atoms with E-state index >= 15 is 0 Å². The molecule has 28 nitrogen and oxygen atoms in total. The van der Waals surface area contributed by atoms with E-state index in [0.29, 0.717) is 115 Å². The molecule has 5 N–H and O–H groups in total. The number of aromatic nitrogens is 10. The van der Waals surface area contributed by atoms with Gasteiger partial charge in [-0.15, -0.1) is 0 Å². The third-order valence-corrected chi connectivity index (χ3v) is 23.6. The van der Waals surface area contributed by atoms with Crippen LogP contribution in [0.5, 0.6) is 0 Å². The fraction of sp³-hybridized carbons (Fsp3) is 0.457. The monoisotopic (exact) mass is 1580 g/mol. The number of anilines is 5. The number of halogens is 8. The average molecular weight is 1580 g/mol. The van der Waals surface area contributed by atoms with E-state index in [1.54, 1.807) is 27.2 Å². The Morgan fingerprint density at radius 2 is 0.880 bits per heavy atom. The number of likely N-dealkylation sites (N-methyl/N-ethyl adjacent to an activating group) is 1. The first-order valence-corrected chi connectivity index (χ1v) is 39.3. The highest BCUT2D eigenvalue weighted by Gasteiger charge is 2.42. The standard InChI is InChI=1S/C15H19ClN4O.C14H19ClN4O2S.C14H15F3N4O.C14H17N5O.C13H15F3N4O2S/c1-10(21)20-5-4-19(9-15(20,2)3)14-7-11(16)6-13-12(14)8-17-18-13;1-14(2)9-18(4-5-19(14)22(3,20)21)13-7-10(15)6-12-11(13)8-16-17-12;1-9(22)20-2-4-21(5-3-20)13-7-10(14(15,16)17)6-12-11(13)8-18-19-12;1-17-8-10-9-18(5-6-19(10)14(17)20)13-4-2-3-12-11(13)7-15-16-12;1-23(21,22)20-4-2-19(3-5-20)12-7-9(13(14,15)16)6-11-10(12)8-17-18-11/h6-8H,4-5,9H2,1-3H3,(H,17,18);6-8H,4-5,9H2,1-3H3,(H,16,17);6-8H,2-5H2,1H3,(H,18,19);2-4,7,10H,5-6,8-9H2,1H3,(H,15,16);6-8H,2-5H2,1H3,(H,17,18). The Kier molecular flexibility index (Phi) is 22.2. The SMILES string of the molecule is CC(=O)N1CCN(c2cc(C(F)(F)F)cc3[nH]ncc23)CC1.CC(=O)N1CCN(c2cc(Cl)cc3[nH]ncc23)CC1(C)C.CC1(C)CN(c2cc(Cl)cc3[nH]ncc23)CCN1S(C)(=O)=O.CN1CC2CN(c3cccc4[nH]ncc34)CCN2C1=O.CS(=O)(=O)N1CCN(c2cc(C(F)(F)F)cc3[nH]ncc23)CC1. The number of hydrogen-bond donors (Lipinski definition) is 5. The molecular formula is C70H85Cl2F6N21O7S2. The van der Waals surface area contributed by atoms with Crippen molar-refractivity contribution >= 4 is 144 Å². The summed E-state index contributed by atoms with van der Waals surface area (Å²) < 4.78 is 128. The Morgan fingerprint density at radius 3 is 1.31 bits per heavy atom. The van der Waals surface area contributed by atoms with E-state index in [2.05, 4.69) is 85.6 Å². The molecule has 6 aliphatic rings. The van der Waals surface area contributed by atoms with Crippen LogP contribution in [0.3, 0.4) is 0 Å². The van der Waals surface area contributed by atoms with Crippen molar-refractivity contribution in [2.45, 2.75) is 71.0 Å². The van der Waals surface area contributed by atoms with Gasteiger partial charge in [0.2, 0.25) is 31.9 Å². The summed E-state index contributed by atoms with van der Waals surface area (Å²) in [7, 11) is -4.63. The Morgan fingerprint density at radius 1 is 0.472 bits per heavy atom. The molecule has 6 fully saturated rings. The largest absolute Gasteiger partial charge is 0.416 e. The van der Waals surface area contributed by atoms with Crippen molar-refractivity contribution in [3.63, 3.8) is 0 Å². The molecule has 0 radical (unpaired) electrons. The molecule has 1 atom stereocenters. The molecule has 38 heteroatoms. The number of urea groups is 1. The molecule has 0 saturated carbocycles. The fourth-order valence-electron chi connectivity index (χ4n) is 15.2. The lowest BCUT2D eigenvalue weighted by molar-refractivity contribution is -0.138. The van der Waals surface area contributed by atoms with Gasteiger partial charge in [0.15, 0.2) is 0 Å². The third kappa shape index (κ3) is 17.1. The van der Waals surface area contributed by atoms with E-state index < -0.39 is 49.1 Å². The Hall–Kier alpha value is -9.36. The zero-order valence-corrected chi connectivity index (χ0v) is 64.0. The first-order chi connectivity index (χ1) is 50.8. The molecule has 1 unspecified atom stereocenters. The van der Waals surface area contributed by atoms with Crippen LogP contribution in [0.2, 0.25) is 10.0 Å². The van der Waals surface area contributed by atoms with Crippen LogP contribution in [-0.2, 0) is 42.0 Å². The molecule has 108 heavy (non-hydrogen) atoms. The van der Waals surface area contributed by atoms with E-state index in [9.17, 15) is 57.6 Å². The summed E-state index contributed by atoms with van der Waals surface area (Å²) in [4.78, 5) is 52.9. The summed E-state index contributed by atoms with van der Waals surface area (Å²) in [6.45, 7) is 21.7. The number of nitrogens with zero attached hydrogens (tertiary/aromatic N) is 16. The molecule has 4 amide bonds. The van der Waals surface area contributed by atoms with Crippen molar-refractivity contribution in [1.29, 1.82) is 0 Å². The van der Waals surface area contributed by atoms with Gasteiger partial charge in [0, 0.05) is 210 Å². The van der Waals surface area contributed by atoms with Crippen molar-refractivity contribution in [3.05, 3.63) is 119 Å². The molecule has 6 aliphatic heterocycles. The van der Waals surface area contributed by atoms with Crippen LogP contribution in [0.25, 0.3) is 54.5 Å². The summed E-state index contributed by atoms with van der Waals surface area (Å²) in [6, 6.07) is 18.6. The van der Waals surface area contributed by atoms with Crippen LogP contribution in [0.4, 0.5) is 59.6 Å². The number of rotatable bonds is 7. The van der Waals surface area contributed by atoms with E-state index in [1.807, 2.05) is 89.3 Å². The second-order valence-corrected chi connectivity index (χ2v) is 33.6. The Bertz CT molecular complexity index is 5190. The topological polar surface area (TPSA) is 299 Å². The van der Waals surface area contributed by atoms with Gasteiger partial charge < -0.3 is 44.1 Å². The molecule has 5 aromatic carbocycles. The van der Waals surface area contributed by atoms with Crippen LogP contribution in [0.1, 0.15) is 52.7 Å². The summed E-state index contributed by atoms with van der Waals surface area (Å²) in [5, 5.41) is 39.8. The number of sulfonamides is 2. The second kappa shape index (κ2) is 30.6. The van der Waals surface area contributed by atoms with Crippen molar-refractivity contribution in [2.24, 2.45) is 0 Å². The normalized spacial score (nSPS) is 18.9. The molecule has 0 aliphatic carbocycles. The van der Waals surface area contributed by atoms with Crippen LogP contribution in [0.15, 0.2) is 97.7 Å². The predicted octanol–water partition coefficient (Wildman–Crippen LogP) is 9.77. The molecule has 11 heterocycles. The highest BCUT2D eigenvalue weighted by molar-refractivity contribution is 7.88. The van der Waals surface area contributed by atoms with Gasteiger partial charge in [-0.05, 0) is 88.4 Å². The minimum absolute atomic E-state index is 0.0165. The highest BCUT2D eigenvalue weighted by atomic mass is 35.5. The number of carbonyl (C=O) groups excluding carboxylic acids is 3. The summed E-state index contributed by atoms with van der Waals surface area (Å²) in [6.07, 6.45) is 2.01. The zero-order chi connectivity index (χ0) is 77.7. The lowest BCUT2D eigenvalue weighted by Crippen LogP contribution is -2.60. The number of carbonyl (C=O) groups is 3. The second-order valence-electron chi connectivity index (χ2n) is 28.8. The predicted molar refractivity (Wildman–Crippen MR) is 406 cm³/mol. The smallest absolute Gasteiger partial charge is 0.368 e. The van der Waals surface area contributed by atoms with Crippen LogP contribution >= 0.6 is 23.2 Å². The van der Waals surface area contributed by atoms with Gasteiger partial charge in [-0.25, -0.2) is 21.6 Å². The minimum atomic E-state index is -4.46. The number of aromatic amines is 5. The van der Waals surface area contributed by atoms with E-state index in [1.165, 1.54) is 35.6 Å². The van der Waals surface area contributed by atoms with Crippen molar-refractivity contribution < 1.29 is 57.6 Å². The zero-order valence-electron chi connectivity index (χ0n) is 60.9. The lowest BCUT2D eigenvalue weighted by atomic mass is 9.97. The van der Waals surface area contributed by atoms with Crippen molar-refractivity contribution in [3.8, 4) is 0 Å². The maximum absolute atomic E-state index is 13.0. The van der Waals surface area contributed by atoms with Crippen LogP contribution < -0.4 is 24.5 Å². The molecule has 6 saturated heterocycles. The highest BCUT2D eigenvalue weighted by Crippen LogP contribution is 2.41. The number of benzene rings is 5. The van der Waals surface area contributed by atoms with Gasteiger partial charge in [0.05, 0.1) is 93.8 Å². The number of amides is 4. The average Bonchev–Trinajstić information content (AvgIpc) is 1.37. The molecule has 580 valence electrons. The van der Waals surface area contributed by atoms with E-state index in [4.69, 9.17) is 23.2 Å². The maximum atomic E-state index is 13.0. The molecular weight excluding hydrogens is 1500 g/mol. The quantitative estimate of drug-likeness (QED) is 0.0927. The van der Waals surface area contributed by atoms with Gasteiger partial charge in [-0.1, -0.05) is 29.3 Å². The van der Waals surface area contributed by atoms with E-state index in [0.717, 1.165) is 114 Å².